The molecule has 0 bridgehead atoms. The minimum Gasteiger partial charge on any atom is -0.380 e. The zero-order valence-corrected chi connectivity index (χ0v) is 14.2. The number of hydrogen-bond donors (Lipinski definition) is 1. The average Bonchev–Trinajstić information content (AvgIpc) is 3.23. The Morgan fingerprint density at radius 1 is 1.38 bits per heavy atom. The molecule has 0 unspecified atom stereocenters. The Kier molecular flexibility index (Phi) is 5.27. The van der Waals surface area contributed by atoms with Crippen LogP contribution in [0.5, 0.6) is 0 Å². The Balaban J connectivity index is 1.61. The molecule has 1 aliphatic rings. The zero-order chi connectivity index (χ0) is 16.9. The molecular formula is C18H24N4O2. The van der Waals surface area contributed by atoms with Gasteiger partial charge in [-0.2, -0.15) is 0 Å². The van der Waals surface area contributed by atoms with E-state index in [2.05, 4.69) is 27.3 Å². The van der Waals surface area contributed by atoms with Gasteiger partial charge in [0.2, 0.25) is 5.91 Å². The Labute approximate surface area is 142 Å². The van der Waals surface area contributed by atoms with E-state index in [-0.39, 0.29) is 18.1 Å². The van der Waals surface area contributed by atoms with Gasteiger partial charge in [0.25, 0.3) is 0 Å². The average molecular weight is 328 g/mol. The fourth-order valence-electron chi connectivity index (χ4n) is 3.19. The van der Waals surface area contributed by atoms with E-state index in [0.717, 1.165) is 25.1 Å². The second-order valence-electron chi connectivity index (χ2n) is 6.27. The van der Waals surface area contributed by atoms with Crippen molar-refractivity contribution in [1.29, 1.82) is 0 Å². The normalized spacial score (nSPS) is 21.1. The second-order valence-corrected chi connectivity index (χ2v) is 6.27. The van der Waals surface area contributed by atoms with Crippen LogP contribution in [-0.2, 0) is 22.6 Å². The number of likely N-dealkylation sites (N-methyl/N-ethyl adjacent to an activating group) is 1. The SMILES string of the molecule is CO[C@H]1C[C@@H](C(=O)NCc2ccccc2Cn2ccnc2)N(C)C1. The van der Waals surface area contributed by atoms with E-state index in [1.807, 2.05) is 29.9 Å². The van der Waals surface area contributed by atoms with E-state index in [0.29, 0.717) is 6.54 Å². The number of amides is 1. The first-order valence-electron chi connectivity index (χ1n) is 8.20. The third-order valence-electron chi connectivity index (χ3n) is 4.63. The van der Waals surface area contributed by atoms with Crippen LogP contribution in [-0.4, -0.2) is 53.2 Å². The molecule has 128 valence electrons. The summed E-state index contributed by atoms with van der Waals surface area (Å²) in [6, 6.07) is 8.05. The van der Waals surface area contributed by atoms with Gasteiger partial charge >= 0.3 is 0 Å². The highest BCUT2D eigenvalue weighted by atomic mass is 16.5. The molecule has 1 fully saturated rings. The summed E-state index contributed by atoms with van der Waals surface area (Å²) in [6.45, 7) is 2.08. The van der Waals surface area contributed by atoms with Gasteiger partial charge in [-0.15, -0.1) is 0 Å². The van der Waals surface area contributed by atoms with Crippen molar-refractivity contribution in [2.24, 2.45) is 0 Å². The largest absolute Gasteiger partial charge is 0.380 e. The second kappa shape index (κ2) is 7.59. The number of aromatic nitrogens is 2. The minimum atomic E-state index is -0.115. The first kappa shape index (κ1) is 16.7. The van der Waals surface area contributed by atoms with Gasteiger partial charge in [0.15, 0.2) is 0 Å². The Morgan fingerprint density at radius 3 is 2.83 bits per heavy atom. The van der Waals surface area contributed by atoms with Gasteiger partial charge in [0.05, 0.1) is 18.5 Å². The lowest BCUT2D eigenvalue weighted by atomic mass is 10.1. The van der Waals surface area contributed by atoms with Crippen LogP contribution >= 0.6 is 0 Å². The number of imidazole rings is 1. The van der Waals surface area contributed by atoms with Crippen LogP contribution in [0.1, 0.15) is 17.5 Å². The van der Waals surface area contributed by atoms with Crippen LogP contribution in [0.3, 0.4) is 0 Å². The lowest BCUT2D eigenvalue weighted by Gasteiger charge is -2.19. The van der Waals surface area contributed by atoms with Crippen LogP contribution in [0.25, 0.3) is 0 Å². The quantitative estimate of drug-likeness (QED) is 0.867. The van der Waals surface area contributed by atoms with Gasteiger partial charge < -0.3 is 14.6 Å². The molecule has 1 N–H and O–H groups in total. The third-order valence-corrected chi connectivity index (χ3v) is 4.63. The number of nitrogens with zero attached hydrogens (tertiary/aromatic N) is 3. The summed E-state index contributed by atoms with van der Waals surface area (Å²) in [5.41, 5.74) is 2.31. The van der Waals surface area contributed by atoms with Crippen LogP contribution in [0, 0.1) is 0 Å². The standard InChI is InChI=1S/C18H24N4O2/c1-21-12-16(24-2)9-17(21)18(23)20-10-14-5-3-4-6-15(14)11-22-8-7-19-13-22/h3-8,13,16-17H,9-12H2,1-2H3,(H,20,23)/t16-,17-/m0/s1. The Morgan fingerprint density at radius 2 is 2.17 bits per heavy atom. The van der Waals surface area contributed by atoms with Gasteiger partial charge in [-0.25, -0.2) is 4.98 Å². The van der Waals surface area contributed by atoms with Crippen molar-refractivity contribution in [3.8, 4) is 0 Å². The number of hydrogen-bond acceptors (Lipinski definition) is 4. The number of rotatable bonds is 6. The van der Waals surface area contributed by atoms with Crippen molar-refractivity contribution in [2.75, 3.05) is 20.7 Å². The molecule has 1 aliphatic heterocycles. The molecule has 3 rings (SSSR count). The first-order chi connectivity index (χ1) is 11.7. The molecule has 6 heteroatoms. The highest BCUT2D eigenvalue weighted by Crippen LogP contribution is 2.18. The lowest BCUT2D eigenvalue weighted by Crippen LogP contribution is -2.41. The predicted octanol–water partition coefficient (Wildman–Crippen LogP) is 1.27. The van der Waals surface area contributed by atoms with E-state index >= 15 is 0 Å². The number of carbonyl (C=O) groups is 1. The number of likely N-dealkylation sites (tertiary alicyclic amines) is 1. The van der Waals surface area contributed by atoms with E-state index in [9.17, 15) is 4.79 Å². The van der Waals surface area contributed by atoms with Crippen molar-refractivity contribution in [3.63, 3.8) is 0 Å². The highest BCUT2D eigenvalue weighted by Gasteiger charge is 2.34. The van der Waals surface area contributed by atoms with Crippen LogP contribution in [0.4, 0.5) is 0 Å². The molecule has 6 nitrogen and oxygen atoms in total. The molecule has 1 amide bonds. The molecule has 2 heterocycles. The summed E-state index contributed by atoms with van der Waals surface area (Å²) in [5, 5.41) is 3.07. The molecule has 0 saturated carbocycles. The summed E-state index contributed by atoms with van der Waals surface area (Å²) in [7, 11) is 3.67. The topological polar surface area (TPSA) is 59.4 Å². The summed E-state index contributed by atoms with van der Waals surface area (Å²) in [4.78, 5) is 18.6. The van der Waals surface area contributed by atoms with E-state index < -0.39 is 0 Å². The molecule has 0 aliphatic carbocycles. The number of methoxy groups -OCH3 is 1. The molecule has 24 heavy (non-hydrogen) atoms. The van der Waals surface area contributed by atoms with Gasteiger partial charge in [-0.05, 0) is 24.6 Å². The third kappa shape index (κ3) is 3.83. The molecule has 0 radical (unpaired) electrons. The van der Waals surface area contributed by atoms with Crippen molar-refractivity contribution in [1.82, 2.24) is 19.8 Å². The monoisotopic (exact) mass is 328 g/mol. The summed E-state index contributed by atoms with van der Waals surface area (Å²) in [5.74, 6) is 0.0643. The maximum atomic E-state index is 12.5. The van der Waals surface area contributed by atoms with Gasteiger partial charge in [0, 0.05) is 39.1 Å². The zero-order valence-electron chi connectivity index (χ0n) is 14.2. The highest BCUT2D eigenvalue weighted by molar-refractivity contribution is 5.82. The van der Waals surface area contributed by atoms with E-state index in [1.54, 1.807) is 19.6 Å². The number of benzene rings is 1. The van der Waals surface area contributed by atoms with Crippen molar-refractivity contribution in [3.05, 3.63) is 54.1 Å². The molecule has 1 aromatic heterocycles. The van der Waals surface area contributed by atoms with Gasteiger partial charge in [0.1, 0.15) is 0 Å². The predicted molar refractivity (Wildman–Crippen MR) is 91.4 cm³/mol. The van der Waals surface area contributed by atoms with Crippen molar-refractivity contribution in [2.45, 2.75) is 31.7 Å². The van der Waals surface area contributed by atoms with Crippen molar-refractivity contribution < 1.29 is 9.53 Å². The molecule has 1 aromatic carbocycles. The number of nitrogens with one attached hydrogen (secondary N) is 1. The lowest BCUT2D eigenvalue weighted by molar-refractivity contribution is -0.125. The van der Waals surface area contributed by atoms with Gasteiger partial charge in [-0.1, -0.05) is 24.3 Å². The molecule has 2 atom stereocenters. The molecule has 2 aromatic rings. The first-order valence-corrected chi connectivity index (χ1v) is 8.20. The van der Waals surface area contributed by atoms with Crippen molar-refractivity contribution >= 4 is 5.91 Å². The van der Waals surface area contributed by atoms with Crippen LogP contribution in [0.2, 0.25) is 0 Å². The minimum absolute atomic E-state index is 0.0643. The smallest absolute Gasteiger partial charge is 0.237 e. The summed E-state index contributed by atoms with van der Waals surface area (Å²) >= 11 is 0. The Hall–Kier alpha value is -2.18. The number of carbonyl (C=O) groups excluding carboxylic acids is 1. The summed E-state index contributed by atoms with van der Waals surface area (Å²) in [6.07, 6.45) is 6.39. The number of ether oxygens (including phenoxy) is 1. The molecule has 1 saturated heterocycles. The van der Waals surface area contributed by atoms with Gasteiger partial charge in [-0.3, -0.25) is 9.69 Å². The maximum absolute atomic E-state index is 12.5. The fourth-order valence-corrected chi connectivity index (χ4v) is 3.19. The Bertz CT molecular complexity index is 671. The van der Waals surface area contributed by atoms with E-state index in [4.69, 9.17) is 4.74 Å². The van der Waals surface area contributed by atoms with E-state index in [1.165, 1.54) is 5.56 Å². The van der Waals surface area contributed by atoms with Crippen LogP contribution < -0.4 is 5.32 Å². The fraction of sp³-hybridized carbons (Fsp3) is 0.444. The molecule has 0 spiro atoms. The summed E-state index contributed by atoms with van der Waals surface area (Å²) < 4.78 is 7.39. The van der Waals surface area contributed by atoms with Crippen LogP contribution in [0.15, 0.2) is 43.0 Å². The maximum Gasteiger partial charge on any atom is 0.237 e. The molecular weight excluding hydrogens is 304 g/mol.